The van der Waals surface area contributed by atoms with Gasteiger partial charge in [0.2, 0.25) is 5.91 Å². The van der Waals surface area contributed by atoms with Gasteiger partial charge in [-0.05, 0) is 42.9 Å². The summed E-state index contributed by atoms with van der Waals surface area (Å²) in [4.78, 5) is 25.9. The molecule has 1 heterocycles. The highest BCUT2D eigenvalue weighted by Gasteiger charge is 2.54. The summed E-state index contributed by atoms with van der Waals surface area (Å²) in [6.07, 6.45) is 3.62. The number of nitrogens with zero attached hydrogens (tertiary/aromatic N) is 1. The number of carbonyl (C=O) groups is 2. The summed E-state index contributed by atoms with van der Waals surface area (Å²) in [5, 5.41) is 12.5. The molecule has 0 bridgehead atoms. The molecule has 2 atom stereocenters. The Morgan fingerprint density at radius 3 is 2.96 bits per heavy atom. The molecule has 0 unspecified atom stereocenters. The first kappa shape index (κ1) is 16.0. The second kappa shape index (κ2) is 6.32. The number of anilines is 1. The van der Waals surface area contributed by atoms with Gasteiger partial charge in [0, 0.05) is 18.8 Å². The molecular weight excluding hydrogens is 292 g/mol. The number of carboxylic acids is 1. The third-order valence-electron chi connectivity index (χ3n) is 5.35. The quantitative estimate of drug-likeness (QED) is 0.875. The summed E-state index contributed by atoms with van der Waals surface area (Å²) in [5.41, 5.74) is 1.37. The number of fused-ring (bicyclic) bond motifs is 1. The first-order valence-corrected chi connectivity index (χ1v) is 8.38. The van der Waals surface area contributed by atoms with E-state index in [9.17, 15) is 14.7 Å². The lowest BCUT2D eigenvalue weighted by Crippen LogP contribution is -2.37. The van der Waals surface area contributed by atoms with Gasteiger partial charge in [-0.3, -0.25) is 14.5 Å². The Labute approximate surface area is 136 Å². The number of aryl methyl sites for hydroxylation is 1. The number of carboxylic acid groups (broad SMARTS) is 1. The van der Waals surface area contributed by atoms with Gasteiger partial charge in [0.05, 0.1) is 12.0 Å². The van der Waals surface area contributed by atoms with Gasteiger partial charge in [0.1, 0.15) is 0 Å². The van der Waals surface area contributed by atoms with Crippen LogP contribution in [0.5, 0.6) is 0 Å². The summed E-state index contributed by atoms with van der Waals surface area (Å²) < 4.78 is 0. The molecule has 5 nitrogen and oxygen atoms in total. The molecule has 1 aliphatic heterocycles. The van der Waals surface area contributed by atoms with E-state index in [2.05, 4.69) is 12.2 Å². The summed E-state index contributed by atoms with van der Waals surface area (Å²) in [7, 11) is 0. The van der Waals surface area contributed by atoms with Crippen LogP contribution < -0.4 is 5.32 Å². The summed E-state index contributed by atoms with van der Waals surface area (Å²) in [6.45, 7) is 3.56. The van der Waals surface area contributed by atoms with E-state index in [1.54, 1.807) is 0 Å². The highest BCUT2D eigenvalue weighted by Crippen LogP contribution is 2.48. The zero-order valence-corrected chi connectivity index (χ0v) is 13.5. The molecule has 23 heavy (non-hydrogen) atoms. The van der Waals surface area contributed by atoms with Gasteiger partial charge >= 0.3 is 5.97 Å². The minimum absolute atomic E-state index is 0.0706. The summed E-state index contributed by atoms with van der Waals surface area (Å²) in [6, 6.07) is 7.84. The molecule has 2 aliphatic rings. The lowest BCUT2D eigenvalue weighted by atomic mass is 9.81. The van der Waals surface area contributed by atoms with Crippen molar-refractivity contribution in [1.29, 1.82) is 0 Å². The molecule has 0 aromatic heterocycles. The molecule has 1 saturated heterocycles. The molecule has 3 rings (SSSR count). The van der Waals surface area contributed by atoms with Crippen LogP contribution in [0.25, 0.3) is 0 Å². The van der Waals surface area contributed by atoms with Crippen molar-refractivity contribution in [1.82, 2.24) is 4.90 Å². The van der Waals surface area contributed by atoms with E-state index in [1.165, 1.54) is 5.56 Å². The van der Waals surface area contributed by atoms with Gasteiger partial charge < -0.3 is 10.4 Å². The van der Waals surface area contributed by atoms with E-state index < -0.39 is 11.4 Å². The second-order valence-electron chi connectivity index (χ2n) is 6.82. The van der Waals surface area contributed by atoms with Crippen molar-refractivity contribution in [3.63, 3.8) is 0 Å². The van der Waals surface area contributed by atoms with Crippen LogP contribution in [0.1, 0.15) is 31.7 Å². The number of hydrogen-bond donors (Lipinski definition) is 2. The molecule has 1 amide bonds. The fraction of sp³-hybridized carbons (Fsp3) is 0.556. The van der Waals surface area contributed by atoms with Crippen LogP contribution in [0.4, 0.5) is 5.69 Å². The van der Waals surface area contributed by atoms with Crippen LogP contribution in [0.3, 0.4) is 0 Å². The van der Waals surface area contributed by atoms with E-state index in [1.807, 2.05) is 29.2 Å². The Kier molecular flexibility index (Phi) is 4.39. The SMILES string of the molecule is CCc1cccc(NC(=O)CN2C[C@@H]3CCC[C@@]3(C(=O)O)C2)c1. The molecule has 2 N–H and O–H groups in total. The number of carbonyl (C=O) groups excluding carboxylic acids is 1. The largest absolute Gasteiger partial charge is 0.481 e. The molecule has 0 spiro atoms. The van der Waals surface area contributed by atoms with Crippen molar-refractivity contribution in [3.8, 4) is 0 Å². The standard InChI is InChI=1S/C18H24N2O3/c1-2-13-5-3-7-15(9-13)19-16(21)11-20-10-14-6-4-8-18(14,12-20)17(22)23/h3,5,7,9,14H,2,4,6,8,10-12H2,1H3,(H,19,21)(H,22,23)/t14-,18+/m0/s1. The molecule has 1 aromatic carbocycles. The smallest absolute Gasteiger partial charge is 0.311 e. The monoisotopic (exact) mass is 316 g/mol. The first-order valence-electron chi connectivity index (χ1n) is 8.38. The van der Waals surface area contributed by atoms with Crippen molar-refractivity contribution >= 4 is 17.6 Å². The number of benzene rings is 1. The maximum absolute atomic E-state index is 12.3. The maximum atomic E-state index is 12.3. The van der Waals surface area contributed by atoms with Gasteiger partial charge in [-0.1, -0.05) is 25.5 Å². The van der Waals surface area contributed by atoms with E-state index >= 15 is 0 Å². The van der Waals surface area contributed by atoms with Gasteiger partial charge in [-0.2, -0.15) is 0 Å². The van der Waals surface area contributed by atoms with Gasteiger partial charge in [0.25, 0.3) is 0 Å². The molecular formula is C18H24N2O3. The fourth-order valence-corrected chi connectivity index (χ4v) is 4.14. The Balaban J connectivity index is 1.60. The predicted octanol–water partition coefficient (Wildman–Crippen LogP) is 2.37. The van der Waals surface area contributed by atoms with Crippen molar-refractivity contribution < 1.29 is 14.7 Å². The second-order valence-corrected chi connectivity index (χ2v) is 6.82. The van der Waals surface area contributed by atoms with Gasteiger partial charge in [-0.15, -0.1) is 0 Å². The van der Waals surface area contributed by atoms with Gasteiger partial charge in [-0.25, -0.2) is 0 Å². The predicted molar refractivity (Wildman–Crippen MR) is 88.3 cm³/mol. The Morgan fingerprint density at radius 1 is 1.43 bits per heavy atom. The van der Waals surface area contributed by atoms with Crippen LogP contribution in [-0.2, 0) is 16.0 Å². The number of amides is 1. The topological polar surface area (TPSA) is 69.6 Å². The molecule has 124 valence electrons. The van der Waals surface area contributed by atoms with Crippen molar-refractivity contribution in [2.45, 2.75) is 32.6 Å². The molecule has 0 radical (unpaired) electrons. The highest BCUT2D eigenvalue weighted by molar-refractivity contribution is 5.92. The van der Waals surface area contributed by atoms with Crippen LogP contribution >= 0.6 is 0 Å². The molecule has 2 fully saturated rings. The number of likely N-dealkylation sites (tertiary alicyclic amines) is 1. The molecule has 1 saturated carbocycles. The number of hydrogen-bond acceptors (Lipinski definition) is 3. The Bertz CT molecular complexity index is 616. The maximum Gasteiger partial charge on any atom is 0.311 e. The first-order chi connectivity index (χ1) is 11.0. The molecule has 1 aliphatic carbocycles. The van der Waals surface area contributed by atoms with E-state index in [0.29, 0.717) is 13.1 Å². The van der Waals surface area contributed by atoms with Crippen LogP contribution in [-0.4, -0.2) is 41.5 Å². The fourth-order valence-electron chi connectivity index (χ4n) is 4.14. The lowest BCUT2D eigenvalue weighted by molar-refractivity contribution is -0.149. The molecule has 5 heteroatoms. The van der Waals surface area contributed by atoms with E-state index in [0.717, 1.165) is 31.4 Å². The van der Waals surface area contributed by atoms with Crippen molar-refractivity contribution in [2.24, 2.45) is 11.3 Å². The summed E-state index contributed by atoms with van der Waals surface area (Å²) in [5.74, 6) is -0.575. The zero-order valence-electron chi connectivity index (χ0n) is 13.5. The number of aliphatic carboxylic acids is 1. The van der Waals surface area contributed by atoms with E-state index in [4.69, 9.17) is 0 Å². The van der Waals surface area contributed by atoms with Crippen LogP contribution in [0.15, 0.2) is 24.3 Å². The number of nitrogens with one attached hydrogen (secondary N) is 1. The van der Waals surface area contributed by atoms with Crippen LogP contribution in [0.2, 0.25) is 0 Å². The minimum Gasteiger partial charge on any atom is -0.481 e. The van der Waals surface area contributed by atoms with Gasteiger partial charge in [0.15, 0.2) is 0 Å². The third kappa shape index (κ3) is 3.11. The van der Waals surface area contributed by atoms with Crippen molar-refractivity contribution in [3.05, 3.63) is 29.8 Å². The van der Waals surface area contributed by atoms with Crippen LogP contribution in [0, 0.1) is 11.3 Å². The lowest BCUT2D eigenvalue weighted by Gasteiger charge is -2.23. The Morgan fingerprint density at radius 2 is 2.26 bits per heavy atom. The summed E-state index contributed by atoms with van der Waals surface area (Å²) >= 11 is 0. The number of rotatable bonds is 5. The van der Waals surface area contributed by atoms with E-state index in [-0.39, 0.29) is 18.4 Å². The Hall–Kier alpha value is -1.88. The minimum atomic E-state index is -0.696. The third-order valence-corrected chi connectivity index (χ3v) is 5.35. The normalized spacial score (nSPS) is 26.9. The zero-order chi connectivity index (χ0) is 16.4. The highest BCUT2D eigenvalue weighted by atomic mass is 16.4. The molecule has 1 aromatic rings. The average molecular weight is 316 g/mol. The van der Waals surface area contributed by atoms with Crippen molar-refractivity contribution in [2.75, 3.05) is 25.0 Å². The average Bonchev–Trinajstić information content (AvgIpc) is 3.05.